The standard InChI is InChI=1S/C20H16ClN3O3S/c1-11-22-18-13-5-3-4-6-16(13)28-19(18)20(26)24(11)10-17(25)23-12-7-8-15(27-2)14(21)9-12/h3-9H,10H2,1-2H3,(H,23,25). The van der Waals surface area contributed by atoms with Gasteiger partial charge in [0.05, 0.1) is 17.6 Å². The molecule has 0 bridgehead atoms. The van der Waals surface area contributed by atoms with Gasteiger partial charge in [0, 0.05) is 15.8 Å². The molecule has 0 aliphatic rings. The number of anilines is 1. The third-order valence-corrected chi connectivity index (χ3v) is 5.85. The molecule has 0 aliphatic carbocycles. The molecule has 142 valence electrons. The molecule has 1 amide bonds. The number of amides is 1. The average molecular weight is 414 g/mol. The lowest BCUT2D eigenvalue weighted by Gasteiger charge is -2.11. The lowest BCUT2D eigenvalue weighted by Crippen LogP contribution is -2.29. The van der Waals surface area contributed by atoms with Crippen molar-refractivity contribution in [1.82, 2.24) is 9.55 Å². The first-order valence-electron chi connectivity index (χ1n) is 8.50. The van der Waals surface area contributed by atoms with Gasteiger partial charge in [0.25, 0.3) is 5.56 Å². The molecule has 8 heteroatoms. The number of aryl methyl sites for hydroxylation is 1. The van der Waals surface area contributed by atoms with Crippen LogP contribution in [-0.2, 0) is 11.3 Å². The topological polar surface area (TPSA) is 73.2 Å². The van der Waals surface area contributed by atoms with Crippen LogP contribution in [0.3, 0.4) is 0 Å². The quantitative estimate of drug-likeness (QED) is 0.543. The Bertz CT molecular complexity index is 1280. The maximum atomic E-state index is 13.0. The average Bonchev–Trinajstić information content (AvgIpc) is 3.04. The second-order valence-corrected chi connectivity index (χ2v) is 7.68. The van der Waals surface area contributed by atoms with Crippen molar-refractivity contribution in [3.8, 4) is 5.75 Å². The van der Waals surface area contributed by atoms with E-state index in [9.17, 15) is 9.59 Å². The maximum absolute atomic E-state index is 13.0. The van der Waals surface area contributed by atoms with E-state index in [1.807, 2.05) is 24.3 Å². The van der Waals surface area contributed by atoms with Crippen molar-refractivity contribution in [2.75, 3.05) is 12.4 Å². The van der Waals surface area contributed by atoms with Crippen LogP contribution in [0, 0.1) is 6.92 Å². The number of nitrogens with one attached hydrogen (secondary N) is 1. The minimum Gasteiger partial charge on any atom is -0.495 e. The number of carbonyl (C=O) groups is 1. The highest BCUT2D eigenvalue weighted by Gasteiger charge is 2.16. The fourth-order valence-electron chi connectivity index (χ4n) is 3.05. The summed E-state index contributed by atoms with van der Waals surface area (Å²) in [6, 6.07) is 12.7. The molecule has 0 saturated heterocycles. The molecule has 0 unspecified atom stereocenters. The van der Waals surface area contributed by atoms with Crippen LogP contribution in [0.25, 0.3) is 20.3 Å². The number of carbonyl (C=O) groups excluding carboxylic acids is 1. The highest BCUT2D eigenvalue weighted by Crippen LogP contribution is 2.30. The van der Waals surface area contributed by atoms with E-state index in [2.05, 4.69) is 10.3 Å². The number of hydrogen-bond donors (Lipinski definition) is 1. The van der Waals surface area contributed by atoms with Crippen LogP contribution in [0.5, 0.6) is 5.75 Å². The zero-order valence-electron chi connectivity index (χ0n) is 15.2. The first kappa shape index (κ1) is 18.5. The maximum Gasteiger partial charge on any atom is 0.272 e. The highest BCUT2D eigenvalue weighted by molar-refractivity contribution is 7.25. The Balaban J connectivity index is 1.65. The summed E-state index contributed by atoms with van der Waals surface area (Å²) in [7, 11) is 1.52. The number of thiophene rings is 1. The molecule has 2 aromatic heterocycles. The van der Waals surface area contributed by atoms with Gasteiger partial charge in [0.15, 0.2) is 0 Å². The first-order valence-corrected chi connectivity index (χ1v) is 9.69. The predicted octanol–water partition coefficient (Wildman–Crippen LogP) is 4.22. The van der Waals surface area contributed by atoms with Crippen molar-refractivity contribution in [1.29, 1.82) is 0 Å². The zero-order valence-corrected chi connectivity index (χ0v) is 16.7. The van der Waals surface area contributed by atoms with Crippen LogP contribution < -0.4 is 15.6 Å². The van der Waals surface area contributed by atoms with Crippen LogP contribution in [0.15, 0.2) is 47.3 Å². The molecule has 0 spiro atoms. The van der Waals surface area contributed by atoms with E-state index in [1.165, 1.54) is 23.0 Å². The van der Waals surface area contributed by atoms with Gasteiger partial charge in [-0.3, -0.25) is 14.2 Å². The molecule has 6 nitrogen and oxygen atoms in total. The second kappa shape index (κ2) is 7.26. The number of benzene rings is 2. The summed E-state index contributed by atoms with van der Waals surface area (Å²) in [5, 5.41) is 4.09. The summed E-state index contributed by atoms with van der Waals surface area (Å²) >= 11 is 7.48. The molecule has 4 rings (SSSR count). The monoisotopic (exact) mass is 413 g/mol. The third-order valence-electron chi connectivity index (χ3n) is 4.41. The van der Waals surface area contributed by atoms with Gasteiger partial charge in [-0.25, -0.2) is 4.98 Å². The van der Waals surface area contributed by atoms with Gasteiger partial charge in [-0.05, 0) is 31.2 Å². The van der Waals surface area contributed by atoms with Crippen LogP contribution >= 0.6 is 22.9 Å². The van der Waals surface area contributed by atoms with Crippen LogP contribution in [-0.4, -0.2) is 22.6 Å². The van der Waals surface area contributed by atoms with Gasteiger partial charge in [-0.1, -0.05) is 29.8 Å². The molecule has 0 radical (unpaired) electrons. The number of aromatic nitrogens is 2. The molecule has 4 aromatic rings. The number of halogens is 1. The number of ether oxygens (including phenoxy) is 1. The van der Waals surface area contributed by atoms with Gasteiger partial charge in [0.1, 0.15) is 22.8 Å². The molecule has 2 aromatic carbocycles. The Morgan fingerprint density at radius 1 is 1.29 bits per heavy atom. The fraction of sp³-hybridized carbons (Fsp3) is 0.150. The predicted molar refractivity (Wildman–Crippen MR) is 113 cm³/mol. The Labute approximate surface area is 169 Å². The zero-order chi connectivity index (χ0) is 19.8. The third kappa shape index (κ3) is 3.23. The molecule has 0 saturated carbocycles. The van der Waals surface area contributed by atoms with E-state index in [0.717, 1.165) is 10.1 Å². The number of methoxy groups -OCH3 is 1. The van der Waals surface area contributed by atoms with Crippen molar-refractivity contribution in [2.45, 2.75) is 13.5 Å². The van der Waals surface area contributed by atoms with Crippen LogP contribution in [0.1, 0.15) is 5.82 Å². The summed E-state index contributed by atoms with van der Waals surface area (Å²) in [6.07, 6.45) is 0. The van der Waals surface area contributed by atoms with E-state index < -0.39 is 0 Å². The second-order valence-electron chi connectivity index (χ2n) is 6.22. The normalized spacial score (nSPS) is 11.1. The lowest BCUT2D eigenvalue weighted by atomic mass is 10.2. The highest BCUT2D eigenvalue weighted by atomic mass is 35.5. The van der Waals surface area contributed by atoms with E-state index in [-0.39, 0.29) is 18.0 Å². The lowest BCUT2D eigenvalue weighted by molar-refractivity contribution is -0.116. The SMILES string of the molecule is COc1ccc(NC(=O)Cn2c(C)nc3c(sc4ccccc43)c2=O)cc1Cl. The van der Waals surface area contributed by atoms with E-state index >= 15 is 0 Å². The first-order chi connectivity index (χ1) is 13.5. The minimum atomic E-state index is -0.339. The van der Waals surface area contributed by atoms with E-state index in [0.29, 0.717) is 32.5 Å². The summed E-state index contributed by atoms with van der Waals surface area (Å²) in [5.74, 6) is 0.670. The number of nitrogens with zero attached hydrogens (tertiary/aromatic N) is 2. The number of fused-ring (bicyclic) bond motifs is 3. The van der Waals surface area contributed by atoms with Gasteiger partial charge >= 0.3 is 0 Å². The summed E-state index contributed by atoms with van der Waals surface area (Å²) in [6.45, 7) is 1.59. The smallest absolute Gasteiger partial charge is 0.272 e. The van der Waals surface area contributed by atoms with Gasteiger partial charge < -0.3 is 10.1 Å². The van der Waals surface area contributed by atoms with Crippen LogP contribution in [0.4, 0.5) is 5.69 Å². The van der Waals surface area contributed by atoms with Crippen molar-refractivity contribution >= 4 is 54.8 Å². The van der Waals surface area contributed by atoms with Gasteiger partial charge in [0.2, 0.25) is 5.91 Å². The van der Waals surface area contributed by atoms with Crippen LogP contribution in [0.2, 0.25) is 5.02 Å². The molecule has 2 heterocycles. The summed E-state index contributed by atoms with van der Waals surface area (Å²) < 4.78 is 8.03. The number of hydrogen-bond acceptors (Lipinski definition) is 5. The van der Waals surface area contributed by atoms with Crippen molar-refractivity contribution in [2.24, 2.45) is 0 Å². The van der Waals surface area contributed by atoms with E-state index in [1.54, 1.807) is 25.1 Å². The minimum absolute atomic E-state index is 0.133. The molecule has 0 fully saturated rings. The molecule has 0 aliphatic heterocycles. The molecular formula is C20H16ClN3O3S. The molecular weight excluding hydrogens is 398 g/mol. The Morgan fingerprint density at radius 2 is 2.07 bits per heavy atom. The van der Waals surface area contributed by atoms with Gasteiger partial charge in [-0.2, -0.15) is 0 Å². The van der Waals surface area contributed by atoms with Crippen molar-refractivity contribution < 1.29 is 9.53 Å². The summed E-state index contributed by atoms with van der Waals surface area (Å²) in [4.78, 5) is 30.0. The number of rotatable bonds is 4. The Hall–Kier alpha value is -2.90. The van der Waals surface area contributed by atoms with Crippen molar-refractivity contribution in [3.05, 3.63) is 63.7 Å². The summed E-state index contributed by atoms with van der Waals surface area (Å²) in [5.41, 5.74) is 0.991. The molecule has 1 N–H and O–H groups in total. The van der Waals surface area contributed by atoms with E-state index in [4.69, 9.17) is 16.3 Å². The van der Waals surface area contributed by atoms with Gasteiger partial charge in [-0.15, -0.1) is 11.3 Å². The van der Waals surface area contributed by atoms with Crippen molar-refractivity contribution in [3.63, 3.8) is 0 Å². The Morgan fingerprint density at radius 3 is 2.82 bits per heavy atom. The molecule has 28 heavy (non-hydrogen) atoms. The Kier molecular flexibility index (Phi) is 4.78. The largest absolute Gasteiger partial charge is 0.495 e. The molecule has 0 atom stereocenters. The fourth-order valence-corrected chi connectivity index (χ4v) is 4.40.